The van der Waals surface area contributed by atoms with Crippen molar-refractivity contribution in [1.29, 1.82) is 0 Å². The number of rotatable bonds is 9. The molecule has 0 saturated heterocycles. The maximum absolute atomic E-state index is 11.0. The van der Waals surface area contributed by atoms with Crippen molar-refractivity contribution >= 4 is 10.9 Å². The van der Waals surface area contributed by atoms with Crippen LogP contribution in [0.25, 0.3) is 33.3 Å². The molecule has 4 rings (SSSR count). The molecule has 3 aromatic carbocycles. The predicted molar refractivity (Wildman–Crippen MR) is 137 cm³/mol. The molecular formula is C29H34N2O2. The molecule has 4 nitrogen and oxygen atoms in total. The van der Waals surface area contributed by atoms with Crippen LogP contribution >= 0.6 is 0 Å². The van der Waals surface area contributed by atoms with Crippen LogP contribution in [-0.2, 0) is 6.54 Å². The van der Waals surface area contributed by atoms with Crippen LogP contribution in [0, 0.1) is 13.8 Å². The lowest BCUT2D eigenvalue weighted by molar-refractivity contribution is 0.140. The smallest absolute Gasteiger partial charge is 0.0843 e. The zero-order valence-corrected chi connectivity index (χ0v) is 19.8. The van der Waals surface area contributed by atoms with Crippen molar-refractivity contribution in [3.8, 4) is 22.4 Å². The minimum absolute atomic E-state index is 0.00100. The standard InChI is InChI=1S/C29H34N2O2/c1-4-24(19-32)30-17-25(33)18-31-28-21(3)15-20(2)16-26(28)27(22-11-7-5-8-12-22)29(31)23-13-9-6-10-14-23/h5-16,24-25,30,32-33H,4,17-19H2,1-3H3/t24-,25?/m0/s1. The van der Waals surface area contributed by atoms with Gasteiger partial charge in [-0.05, 0) is 43.0 Å². The highest BCUT2D eigenvalue weighted by Gasteiger charge is 2.23. The summed E-state index contributed by atoms with van der Waals surface area (Å²) in [6.07, 6.45) is 0.231. The van der Waals surface area contributed by atoms with Gasteiger partial charge in [-0.2, -0.15) is 0 Å². The fraction of sp³-hybridized carbons (Fsp3) is 0.310. The van der Waals surface area contributed by atoms with Crippen molar-refractivity contribution in [3.63, 3.8) is 0 Å². The van der Waals surface area contributed by atoms with Gasteiger partial charge in [0.05, 0.1) is 30.5 Å². The number of aliphatic hydroxyl groups is 2. The Morgan fingerprint density at radius 3 is 2.15 bits per heavy atom. The lowest BCUT2D eigenvalue weighted by atomic mass is 9.97. The summed E-state index contributed by atoms with van der Waals surface area (Å²) in [5.74, 6) is 0. The zero-order valence-electron chi connectivity index (χ0n) is 19.8. The van der Waals surface area contributed by atoms with Crippen LogP contribution in [0.4, 0.5) is 0 Å². The van der Waals surface area contributed by atoms with E-state index in [4.69, 9.17) is 0 Å². The van der Waals surface area contributed by atoms with Gasteiger partial charge in [-0.25, -0.2) is 0 Å². The van der Waals surface area contributed by atoms with Gasteiger partial charge in [0.2, 0.25) is 0 Å². The molecule has 0 saturated carbocycles. The third kappa shape index (κ3) is 4.88. The second-order valence-corrected chi connectivity index (χ2v) is 8.89. The van der Waals surface area contributed by atoms with E-state index in [9.17, 15) is 10.2 Å². The number of fused-ring (bicyclic) bond motifs is 1. The SMILES string of the molecule is CC[C@@H](CO)NCC(O)Cn1c(-c2ccccc2)c(-c2ccccc2)c2cc(C)cc(C)c21. The number of aryl methyl sites for hydroxylation is 2. The molecule has 0 amide bonds. The molecular weight excluding hydrogens is 408 g/mol. The van der Waals surface area contributed by atoms with Gasteiger partial charge in [0.1, 0.15) is 0 Å². The van der Waals surface area contributed by atoms with Crippen molar-refractivity contribution in [3.05, 3.63) is 83.9 Å². The molecule has 2 atom stereocenters. The summed E-state index contributed by atoms with van der Waals surface area (Å²) in [6.45, 7) is 7.29. The number of benzene rings is 3. The van der Waals surface area contributed by atoms with Gasteiger partial charge < -0.3 is 20.1 Å². The van der Waals surface area contributed by atoms with E-state index in [-0.39, 0.29) is 12.6 Å². The van der Waals surface area contributed by atoms with Gasteiger partial charge in [-0.3, -0.25) is 0 Å². The van der Waals surface area contributed by atoms with Crippen molar-refractivity contribution in [1.82, 2.24) is 9.88 Å². The van der Waals surface area contributed by atoms with Crippen LogP contribution in [0.2, 0.25) is 0 Å². The molecule has 4 heteroatoms. The van der Waals surface area contributed by atoms with Crippen molar-refractivity contribution in [2.24, 2.45) is 0 Å². The molecule has 0 spiro atoms. The Kier molecular flexibility index (Phi) is 7.29. The number of hydrogen-bond donors (Lipinski definition) is 3. The van der Waals surface area contributed by atoms with E-state index in [0.29, 0.717) is 13.1 Å². The molecule has 172 valence electrons. The molecule has 0 aliphatic heterocycles. The van der Waals surface area contributed by atoms with Crippen LogP contribution in [0.1, 0.15) is 24.5 Å². The maximum atomic E-state index is 11.0. The molecule has 1 heterocycles. The van der Waals surface area contributed by atoms with Crippen LogP contribution in [0.3, 0.4) is 0 Å². The Morgan fingerprint density at radius 2 is 1.55 bits per heavy atom. The van der Waals surface area contributed by atoms with Crippen LogP contribution in [-0.4, -0.2) is 40.1 Å². The number of nitrogens with zero attached hydrogens (tertiary/aromatic N) is 1. The van der Waals surface area contributed by atoms with E-state index in [1.54, 1.807) is 0 Å². The van der Waals surface area contributed by atoms with Gasteiger partial charge in [-0.15, -0.1) is 0 Å². The van der Waals surface area contributed by atoms with Gasteiger partial charge >= 0.3 is 0 Å². The molecule has 0 fully saturated rings. The normalized spacial score (nSPS) is 13.4. The van der Waals surface area contributed by atoms with Gasteiger partial charge in [0, 0.05) is 23.5 Å². The first-order valence-electron chi connectivity index (χ1n) is 11.8. The average Bonchev–Trinajstić information content (AvgIpc) is 3.14. The highest BCUT2D eigenvalue weighted by molar-refractivity contribution is 6.06. The third-order valence-corrected chi connectivity index (χ3v) is 6.35. The van der Waals surface area contributed by atoms with Gasteiger partial charge in [-0.1, -0.05) is 79.2 Å². The summed E-state index contributed by atoms with van der Waals surface area (Å²) in [5, 5.41) is 25.0. The second kappa shape index (κ2) is 10.3. The molecule has 0 aliphatic rings. The van der Waals surface area contributed by atoms with Crippen LogP contribution < -0.4 is 5.32 Å². The summed E-state index contributed by atoms with van der Waals surface area (Å²) >= 11 is 0. The Balaban J connectivity index is 1.91. The van der Waals surface area contributed by atoms with E-state index in [1.165, 1.54) is 27.6 Å². The summed E-state index contributed by atoms with van der Waals surface area (Å²) < 4.78 is 2.29. The number of nitrogens with one attached hydrogen (secondary N) is 1. The Morgan fingerprint density at radius 1 is 0.909 bits per heavy atom. The number of aliphatic hydroxyl groups excluding tert-OH is 2. The highest BCUT2D eigenvalue weighted by Crippen LogP contribution is 2.42. The lowest BCUT2D eigenvalue weighted by Gasteiger charge is -2.20. The van der Waals surface area contributed by atoms with Crippen LogP contribution in [0.5, 0.6) is 0 Å². The predicted octanol–water partition coefficient (Wildman–Crippen LogP) is 5.31. The van der Waals surface area contributed by atoms with Gasteiger partial charge in [0.15, 0.2) is 0 Å². The first-order valence-corrected chi connectivity index (χ1v) is 11.8. The summed E-state index contributed by atoms with van der Waals surface area (Å²) in [7, 11) is 0. The van der Waals surface area contributed by atoms with E-state index >= 15 is 0 Å². The lowest BCUT2D eigenvalue weighted by Crippen LogP contribution is -2.39. The fourth-order valence-electron chi connectivity index (χ4n) is 4.77. The van der Waals surface area contributed by atoms with Crippen molar-refractivity contribution in [2.45, 2.75) is 45.9 Å². The third-order valence-electron chi connectivity index (χ3n) is 6.35. The Labute approximate surface area is 196 Å². The molecule has 1 aromatic heterocycles. The summed E-state index contributed by atoms with van der Waals surface area (Å²) in [6, 6.07) is 25.4. The zero-order chi connectivity index (χ0) is 23.4. The minimum Gasteiger partial charge on any atom is -0.395 e. The molecule has 4 aromatic rings. The van der Waals surface area contributed by atoms with E-state index in [2.05, 4.69) is 84.4 Å². The highest BCUT2D eigenvalue weighted by atomic mass is 16.3. The molecule has 0 radical (unpaired) electrons. The fourth-order valence-corrected chi connectivity index (χ4v) is 4.77. The summed E-state index contributed by atoms with van der Waals surface area (Å²) in [4.78, 5) is 0. The van der Waals surface area contributed by atoms with E-state index < -0.39 is 6.10 Å². The summed E-state index contributed by atoms with van der Waals surface area (Å²) in [5.41, 5.74) is 8.21. The van der Waals surface area contributed by atoms with E-state index in [0.717, 1.165) is 23.2 Å². The topological polar surface area (TPSA) is 57.4 Å². The molecule has 0 bridgehead atoms. The first-order chi connectivity index (χ1) is 16.0. The Hall–Kier alpha value is -2.92. The second-order valence-electron chi connectivity index (χ2n) is 8.89. The largest absolute Gasteiger partial charge is 0.395 e. The quantitative estimate of drug-likeness (QED) is 0.329. The molecule has 1 unspecified atom stereocenters. The van der Waals surface area contributed by atoms with Crippen LogP contribution in [0.15, 0.2) is 72.8 Å². The average molecular weight is 443 g/mol. The maximum Gasteiger partial charge on any atom is 0.0843 e. The van der Waals surface area contributed by atoms with Crippen molar-refractivity contribution < 1.29 is 10.2 Å². The van der Waals surface area contributed by atoms with E-state index in [1.807, 2.05) is 19.1 Å². The monoisotopic (exact) mass is 442 g/mol. The molecule has 3 N–H and O–H groups in total. The molecule has 0 aliphatic carbocycles. The number of hydrogen-bond acceptors (Lipinski definition) is 3. The van der Waals surface area contributed by atoms with Gasteiger partial charge in [0.25, 0.3) is 0 Å². The first kappa shape index (κ1) is 23.2. The molecule has 33 heavy (non-hydrogen) atoms. The number of aromatic nitrogens is 1. The van der Waals surface area contributed by atoms with Crippen molar-refractivity contribution in [2.75, 3.05) is 13.2 Å². The minimum atomic E-state index is -0.590. The Bertz CT molecular complexity index is 1200.